The molecule has 0 N–H and O–H groups in total. The molecule has 1 amide bonds. The number of amides is 1. The number of hydrogen-bond donors (Lipinski definition) is 0. The summed E-state index contributed by atoms with van der Waals surface area (Å²) in [5.74, 6) is -0.214. The zero-order chi connectivity index (χ0) is 28.1. The van der Waals surface area contributed by atoms with E-state index < -0.39 is 11.6 Å². The van der Waals surface area contributed by atoms with Crippen LogP contribution in [0.5, 0.6) is 0 Å². The fraction of sp³-hybridized carbons (Fsp3) is 0.267. The fourth-order valence-corrected chi connectivity index (χ4v) is 5.22. The Morgan fingerprint density at radius 1 is 0.950 bits per heavy atom. The van der Waals surface area contributed by atoms with Crippen molar-refractivity contribution < 1.29 is 18.0 Å². The molecule has 2 aromatic heterocycles. The van der Waals surface area contributed by atoms with Crippen molar-refractivity contribution in [3.63, 3.8) is 0 Å². The molecular weight excluding hydrogens is 517 g/mol. The van der Waals surface area contributed by atoms with Gasteiger partial charge in [0.2, 0.25) is 5.96 Å². The van der Waals surface area contributed by atoms with E-state index in [0.717, 1.165) is 11.6 Å². The van der Waals surface area contributed by atoms with Crippen molar-refractivity contribution >= 4 is 17.7 Å². The standard InChI is InChI=1S/C30H27F3N6O/c1-4-37-29(40)26-28(39-16-25(17(2)3)35-30(37)39)38(15-18-11-22(32)13-23(33)12-18)27(36-26)20-7-10-24(34-14-20)19-5-8-21(31)9-6-19/h5-14,17,25H,4,15-16H2,1-3H3/t25-/m0/s1. The average molecular weight is 545 g/mol. The Morgan fingerprint density at radius 3 is 2.27 bits per heavy atom. The minimum absolute atomic E-state index is 0.0297. The summed E-state index contributed by atoms with van der Waals surface area (Å²) in [6.45, 7) is 7.09. The van der Waals surface area contributed by atoms with Crippen molar-refractivity contribution in [2.45, 2.75) is 33.4 Å². The zero-order valence-corrected chi connectivity index (χ0v) is 22.3. The first-order valence-corrected chi connectivity index (χ1v) is 13.2. The third kappa shape index (κ3) is 4.43. The predicted molar refractivity (Wildman–Crippen MR) is 146 cm³/mol. The monoisotopic (exact) mass is 544 g/mol. The molecule has 0 saturated carbocycles. The lowest BCUT2D eigenvalue weighted by Crippen LogP contribution is -2.50. The normalized spacial score (nSPS) is 16.4. The summed E-state index contributed by atoms with van der Waals surface area (Å²) in [6, 6.07) is 13.0. The summed E-state index contributed by atoms with van der Waals surface area (Å²) in [6.07, 6.45) is 1.63. The number of hydrogen-bond acceptors (Lipinski definition) is 5. The Balaban J connectivity index is 1.50. The number of carbonyl (C=O) groups is 1. The van der Waals surface area contributed by atoms with Crippen LogP contribution in [0.2, 0.25) is 0 Å². The van der Waals surface area contributed by atoms with Gasteiger partial charge in [-0.2, -0.15) is 0 Å². The van der Waals surface area contributed by atoms with Gasteiger partial charge in [0.05, 0.1) is 24.8 Å². The van der Waals surface area contributed by atoms with Crippen LogP contribution in [0.25, 0.3) is 22.6 Å². The quantitative estimate of drug-likeness (QED) is 0.310. The largest absolute Gasteiger partial charge is 0.305 e. The van der Waals surface area contributed by atoms with E-state index in [9.17, 15) is 18.0 Å². The average Bonchev–Trinajstić information content (AvgIpc) is 3.52. The van der Waals surface area contributed by atoms with Crippen molar-refractivity contribution in [2.24, 2.45) is 10.9 Å². The maximum absolute atomic E-state index is 14.2. The molecule has 0 saturated heterocycles. The number of pyridine rings is 1. The van der Waals surface area contributed by atoms with Gasteiger partial charge in [-0.05, 0) is 66.9 Å². The number of halogens is 3. The second-order valence-electron chi connectivity index (χ2n) is 10.3. The van der Waals surface area contributed by atoms with E-state index in [1.54, 1.807) is 33.9 Å². The van der Waals surface area contributed by atoms with Crippen LogP contribution in [0.15, 0.2) is 65.8 Å². The van der Waals surface area contributed by atoms with Crippen molar-refractivity contribution in [3.05, 3.63) is 89.5 Å². The molecule has 6 rings (SSSR count). The van der Waals surface area contributed by atoms with E-state index >= 15 is 0 Å². The molecule has 4 aromatic rings. The molecule has 1 atom stereocenters. The van der Waals surface area contributed by atoms with Crippen LogP contribution in [0.3, 0.4) is 0 Å². The lowest BCUT2D eigenvalue weighted by molar-refractivity contribution is 0.0841. The van der Waals surface area contributed by atoms with E-state index in [1.165, 1.54) is 24.3 Å². The first kappa shape index (κ1) is 25.8. The molecule has 40 heavy (non-hydrogen) atoms. The van der Waals surface area contributed by atoms with E-state index in [0.29, 0.717) is 47.5 Å². The molecule has 7 nitrogen and oxygen atoms in total. The predicted octanol–water partition coefficient (Wildman–Crippen LogP) is 5.75. The molecular formula is C30H27F3N6O. The first-order valence-electron chi connectivity index (χ1n) is 13.2. The van der Waals surface area contributed by atoms with Crippen molar-refractivity contribution in [3.8, 4) is 22.6 Å². The van der Waals surface area contributed by atoms with E-state index in [4.69, 9.17) is 9.98 Å². The second kappa shape index (κ2) is 9.93. The highest BCUT2D eigenvalue weighted by Crippen LogP contribution is 2.37. The van der Waals surface area contributed by atoms with E-state index in [-0.39, 0.29) is 35.9 Å². The molecule has 0 unspecified atom stereocenters. The molecule has 204 valence electrons. The Hall–Kier alpha value is -4.47. The molecule has 2 aromatic carbocycles. The van der Waals surface area contributed by atoms with Crippen LogP contribution >= 0.6 is 0 Å². The zero-order valence-electron chi connectivity index (χ0n) is 22.3. The van der Waals surface area contributed by atoms with Crippen LogP contribution in [0.4, 0.5) is 19.0 Å². The van der Waals surface area contributed by atoms with Crippen LogP contribution in [0, 0.1) is 23.4 Å². The summed E-state index contributed by atoms with van der Waals surface area (Å²) < 4.78 is 43.6. The van der Waals surface area contributed by atoms with Gasteiger partial charge in [0, 0.05) is 29.9 Å². The Kier molecular flexibility index (Phi) is 6.40. The topological polar surface area (TPSA) is 66.6 Å². The third-order valence-corrected chi connectivity index (χ3v) is 7.29. The molecule has 0 bridgehead atoms. The van der Waals surface area contributed by atoms with Gasteiger partial charge in [0.15, 0.2) is 5.69 Å². The second-order valence-corrected chi connectivity index (χ2v) is 10.3. The van der Waals surface area contributed by atoms with E-state index in [2.05, 4.69) is 18.8 Å². The van der Waals surface area contributed by atoms with Crippen molar-refractivity contribution in [1.82, 2.24) is 19.4 Å². The number of rotatable bonds is 6. The van der Waals surface area contributed by atoms with Crippen molar-refractivity contribution in [2.75, 3.05) is 18.0 Å². The highest BCUT2D eigenvalue weighted by molar-refractivity contribution is 6.18. The fourth-order valence-electron chi connectivity index (χ4n) is 5.22. The van der Waals surface area contributed by atoms with Crippen LogP contribution in [-0.2, 0) is 6.54 Å². The molecule has 0 aliphatic carbocycles. The highest BCUT2D eigenvalue weighted by atomic mass is 19.1. The number of fused-ring (bicyclic) bond motifs is 3. The van der Waals surface area contributed by atoms with Crippen LogP contribution in [-0.4, -0.2) is 50.4 Å². The minimum atomic E-state index is -0.688. The summed E-state index contributed by atoms with van der Waals surface area (Å²) in [4.78, 5) is 31.5. The SMILES string of the molecule is CCN1C(=O)c2nc(-c3ccc(-c4ccc(F)cc4)nc3)n(Cc3cc(F)cc(F)c3)c2N2C[C@@H](C(C)C)N=C12. The number of aliphatic imine (C=N–C) groups is 1. The van der Waals surface area contributed by atoms with Crippen LogP contribution in [0.1, 0.15) is 36.8 Å². The Bertz CT molecular complexity index is 1610. The maximum atomic E-state index is 14.2. The summed E-state index contributed by atoms with van der Waals surface area (Å²) >= 11 is 0. The molecule has 4 heterocycles. The van der Waals surface area contributed by atoms with E-state index in [1.807, 2.05) is 17.9 Å². The Labute approximate surface area is 229 Å². The summed E-state index contributed by atoms with van der Waals surface area (Å²) in [5.41, 5.74) is 2.64. The molecule has 2 aliphatic heterocycles. The maximum Gasteiger partial charge on any atom is 0.283 e. The van der Waals surface area contributed by atoms with Gasteiger partial charge in [0.25, 0.3) is 5.91 Å². The minimum Gasteiger partial charge on any atom is -0.305 e. The first-order chi connectivity index (χ1) is 19.2. The molecule has 2 aliphatic rings. The number of nitrogens with zero attached hydrogens (tertiary/aromatic N) is 6. The third-order valence-electron chi connectivity index (χ3n) is 7.29. The lowest BCUT2D eigenvalue weighted by atomic mass is 10.1. The number of guanidine groups is 1. The lowest BCUT2D eigenvalue weighted by Gasteiger charge is -2.33. The molecule has 0 fully saturated rings. The highest BCUT2D eigenvalue weighted by Gasteiger charge is 2.44. The van der Waals surface area contributed by atoms with Crippen LogP contribution < -0.4 is 4.90 Å². The number of benzene rings is 2. The molecule has 0 radical (unpaired) electrons. The smallest absolute Gasteiger partial charge is 0.283 e. The van der Waals surface area contributed by atoms with Gasteiger partial charge in [-0.3, -0.25) is 19.6 Å². The van der Waals surface area contributed by atoms with Gasteiger partial charge in [-0.15, -0.1) is 0 Å². The summed E-state index contributed by atoms with van der Waals surface area (Å²) in [7, 11) is 0. The van der Waals surface area contributed by atoms with Gasteiger partial charge < -0.3 is 4.57 Å². The molecule has 0 spiro atoms. The number of carbonyl (C=O) groups excluding carboxylic acids is 1. The Morgan fingerprint density at radius 2 is 1.65 bits per heavy atom. The van der Waals surface area contributed by atoms with Gasteiger partial charge in [-0.25, -0.2) is 23.1 Å². The molecule has 10 heteroatoms. The number of imidazole rings is 1. The van der Waals surface area contributed by atoms with Gasteiger partial charge >= 0.3 is 0 Å². The number of aromatic nitrogens is 3. The number of anilines is 1. The summed E-state index contributed by atoms with van der Waals surface area (Å²) in [5, 5.41) is 0. The van der Waals surface area contributed by atoms with Gasteiger partial charge in [-0.1, -0.05) is 13.8 Å². The van der Waals surface area contributed by atoms with Crippen molar-refractivity contribution in [1.29, 1.82) is 0 Å². The van der Waals surface area contributed by atoms with Gasteiger partial charge in [0.1, 0.15) is 29.1 Å².